The molecule has 0 aliphatic rings. The van der Waals surface area contributed by atoms with Gasteiger partial charge in [-0.25, -0.2) is 9.97 Å². The number of hydrogen-bond acceptors (Lipinski definition) is 4. The molecule has 5 nitrogen and oxygen atoms in total. The van der Waals surface area contributed by atoms with Crippen molar-refractivity contribution in [1.82, 2.24) is 20.3 Å². The van der Waals surface area contributed by atoms with E-state index in [4.69, 9.17) is 4.42 Å². The van der Waals surface area contributed by atoms with Gasteiger partial charge in [-0.3, -0.25) is 0 Å². The summed E-state index contributed by atoms with van der Waals surface area (Å²) in [6, 6.07) is 0. The third kappa shape index (κ3) is 2.30. The summed E-state index contributed by atoms with van der Waals surface area (Å²) in [6.45, 7) is 7.21. The van der Waals surface area contributed by atoms with Crippen molar-refractivity contribution in [2.24, 2.45) is 0 Å². The van der Waals surface area contributed by atoms with Gasteiger partial charge in [0, 0.05) is 12.2 Å². The number of rotatable bonds is 4. The van der Waals surface area contributed by atoms with Gasteiger partial charge in [0.25, 0.3) is 0 Å². The van der Waals surface area contributed by atoms with Gasteiger partial charge in [0.1, 0.15) is 5.76 Å². The number of nitrogens with zero attached hydrogens (tertiary/aromatic N) is 2. The topological polar surface area (TPSA) is 66.7 Å². The minimum atomic E-state index is 0.626. The van der Waals surface area contributed by atoms with Gasteiger partial charge in [-0.1, -0.05) is 0 Å². The van der Waals surface area contributed by atoms with Crippen LogP contribution in [0.25, 0.3) is 0 Å². The molecule has 0 spiro atoms. The lowest BCUT2D eigenvalue weighted by Gasteiger charge is -1.99. The largest absolute Gasteiger partial charge is 0.444 e. The first-order valence-corrected chi connectivity index (χ1v) is 5.29. The minimum absolute atomic E-state index is 0.626. The number of oxazole rings is 1. The number of nitrogens with one attached hydrogen (secondary N) is 2. The smallest absolute Gasteiger partial charge is 0.208 e. The maximum absolute atomic E-state index is 5.46. The highest BCUT2D eigenvalue weighted by atomic mass is 16.4. The van der Waals surface area contributed by atoms with Crippen LogP contribution in [0.5, 0.6) is 0 Å². The van der Waals surface area contributed by atoms with Crippen LogP contribution in [0, 0.1) is 20.8 Å². The van der Waals surface area contributed by atoms with Crippen LogP contribution in [0.2, 0.25) is 0 Å². The molecule has 0 atom stereocenters. The summed E-state index contributed by atoms with van der Waals surface area (Å²) in [5.41, 5.74) is 3.07. The molecule has 16 heavy (non-hydrogen) atoms. The van der Waals surface area contributed by atoms with Crippen LogP contribution in [0.15, 0.2) is 10.7 Å². The average molecular weight is 220 g/mol. The van der Waals surface area contributed by atoms with Gasteiger partial charge in [-0.15, -0.1) is 0 Å². The Morgan fingerprint density at radius 3 is 2.69 bits per heavy atom. The van der Waals surface area contributed by atoms with Crippen molar-refractivity contribution in [2.45, 2.75) is 33.9 Å². The van der Waals surface area contributed by atoms with Crippen molar-refractivity contribution in [3.05, 3.63) is 35.1 Å². The molecule has 2 heterocycles. The standard InChI is InChI=1S/C11H16N4O/c1-7-9(3)16-11(15-7)5-12-4-10-8(2)13-6-14-10/h6,12H,4-5H2,1-3H3,(H,13,14). The SMILES string of the molecule is Cc1nc(CNCc2nc[nH]c2C)oc1C. The first-order valence-electron chi connectivity index (χ1n) is 5.29. The molecule has 0 bridgehead atoms. The van der Waals surface area contributed by atoms with Crippen LogP contribution in [-0.4, -0.2) is 15.0 Å². The van der Waals surface area contributed by atoms with E-state index in [1.54, 1.807) is 6.33 Å². The molecule has 5 heteroatoms. The average Bonchev–Trinajstić information content (AvgIpc) is 2.76. The molecular weight excluding hydrogens is 204 g/mol. The number of hydrogen-bond donors (Lipinski definition) is 2. The van der Waals surface area contributed by atoms with E-state index >= 15 is 0 Å². The van der Waals surface area contributed by atoms with Crippen LogP contribution in [0.1, 0.15) is 28.7 Å². The van der Waals surface area contributed by atoms with Crippen molar-refractivity contribution in [2.75, 3.05) is 0 Å². The number of H-pyrrole nitrogens is 1. The quantitative estimate of drug-likeness (QED) is 0.821. The first-order chi connectivity index (χ1) is 7.66. The fraction of sp³-hybridized carbons (Fsp3) is 0.455. The zero-order valence-corrected chi connectivity index (χ0v) is 9.79. The molecule has 2 rings (SSSR count). The molecule has 86 valence electrons. The predicted molar refractivity (Wildman–Crippen MR) is 59.8 cm³/mol. The highest BCUT2D eigenvalue weighted by molar-refractivity contribution is 5.08. The zero-order valence-electron chi connectivity index (χ0n) is 9.79. The van der Waals surface area contributed by atoms with Crippen LogP contribution in [-0.2, 0) is 13.1 Å². The zero-order chi connectivity index (χ0) is 11.5. The molecule has 0 saturated carbocycles. The number of aryl methyl sites for hydroxylation is 3. The molecule has 0 aliphatic carbocycles. The Morgan fingerprint density at radius 2 is 2.12 bits per heavy atom. The lowest BCUT2D eigenvalue weighted by molar-refractivity contribution is 0.448. The highest BCUT2D eigenvalue weighted by Gasteiger charge is 2.05. The monoisotopic (exact) mass is 220 g/mol. The molecule has 0 saturated heterocycles. The van der Waals surface area contributed by atoms with Gasteiger partial charge in [-0.2, -0.15) is 0 Å². The Morgan fingerprint density at radius 1 is 1.31 bits per heavy atom. The Hall–Kier alpha value is -1.62. The van der Waals surface area contributed by atoms with Gasteiger partial charge in [0.2, 0.25) is 5.89 Å². The summed E-state index contributed by atoms with van der Waals surface area (Å²) in [5, 5.41) is 3.25. The third-order valence-electron chi connectivity index (χ3n) is 2.58. The van der Waals surface area contributed by atoms with Gasteiger partial charge >= 0.3 is 0 Å². The van der Waals surface area contributed by atoms with Crippen molar-refractivity contribution >= 4 is 0 Å². The predicted octanol–water partition coefficient (Wildman–Crippen LogP) is 1.61. The number of aromatic nitrogens is 3. The number of aromatic amines is 1. The lowest BCUT2D eigenvalue weighted by Crippen LogP contribution is -2.13. The third-order valence-corrected chi connectivity index (χ3v) is 2.58. The Labute approximate surface area is 94.3 Å². The van der Waals surface area contributed by atoms with E-state index in [2.05, 4.69) is 20.3 Å². The van der Waals surface area contributed by atoms with Crippen molar-refractivity contribution in [1.29, 1.82) is 0 Å². The van der Waals surface area contributed by atoms with Crippen molar-refractivity contribution in [3.63, 3.8) is 0 Å². The minimum Gasteiger partial charge on any atom is -0.444 e. The Balaban J connectivity index is 1.87. The van der Waals surface area contributed by atoms with E-state index in [0.717, 1.165) is 35.3 Å². The fourth-order valence-corrected chi connectivity index (χ4v) is 1.47. The van der Waals surface area contributed by atoms with Gasteiger partial charge in [0.15, 0.2) is 0 Å². The summed E-state index contributed by atoms with van der Waals surface area (Å²) in [4.78, 5) is 11.5. The molecule has 2 aromatic rings. The van der Waals surface area contributed by atoms with Crippen molar-refractivity contribution < 1.29 is 4.42 Å². The van der Waals surface area contributed by atoms with Crippen LogP contribution in [0.4, 0.5) is 0 Å². The number of imidazole rings is 1. The first kappa shape index (κ1) is 10.9. The fourth-order valence-electron chi connectivity index (χ4n) is 1.47. The van der Waals surface area contributed by atoms with E-state index in [1.807, 2.05) is 20.8 Å². The molecule has 0 fully saturated rings. The van der Waals surface area contributed by atoms with E-state index in [0.29, 0.717) is 6.54 Å². The Bertz CT molecular complexity index is 453. The summed E-state index contributed by atoms with van der Waals surface area (Å²) >= 11 is 0. The highest BCUT2D eigenvalue weighted by Crippen LogP contribution is 2.08. The summed E-state index contributed by atoms with van der Waals surface area (Å²) in [6.07, 6.45) is 1.70. The maximum Gasteiger partial charge on any atom is 0.208 e. The molecule has 2 aromatic heterocycles. The van der Waals surface area contributed by atoms with E-state index in [-0.39, 0.29) is 0 Å². The lowest BCUT2D eigenvalue weighted by atomic mass is 10.3. The van der Waals surface area contributed by atoms with Crippen LogP contribution >= 0.6 is 0 Å². The van der Waals surface area contributed by atoms with E-state index in [9.17, 15) is 0 Å². The van der Waals surface area contributed by atoms with Crippen LogP contribution in [0.3, 0.4) is 0 Å². The second-order valence-corrected chi connectivity index (χ2v) is 3.83. The molecule has 2 N–H and O–H groups in total. The molecule has 0 amide bonds. The second kappa shape index (κ2) is 4.49. The maximum atomic E-state index is 5.46. The van der Waals surface area contributed by atoms with E-state index < -0.39 is 0 Å². The van der Waals surface area contributed by atoms with E-state index in [1.165, 1.54) is 0 Å². The second-order valence-electron chi connectivity index (χ2n) is 3.83. The Kier molecular flexibility index (Phi) is 3.05. The molecular formula is C11H16N4O. The van der Waals surface area contributed by atoms with Gasteiger partial charge < -0.3 is 14.7 Å². The van der Waals surface area contributed by atoms with Crippen molar-refractivity contribution in [3.8, 4) is 0 Å². The summed E-state index contributed by atoms with van der Waals surface area (Å²) in [5.74, 6) is 1.61. The normalized spacial score (nSPS) is 10.9. The molecule has 0 aliphatic heterocycles. The van der Waals surface area contributed by atoms with Gasteiger partial charge in [-0.05, 0) is 20.8 Å². The molecule has 0 radical (unpaired) electrons. The van der Waals surface area contributed by atoms with Gasteiger partial charge in [0.05, 0.1) is 24.3 Å². The summed E-state index contributed by atoms with van der Waals surface area (Å²) in [7, 11) is 0. The molecule has 0 unspecified atom stereocenters. The molecule has 0 aromatic carbocycles. The summed E-state index contributed by atoms with van der Waals surface area (Å²) < 4.78 is 5.46. The van der Waals surface area contributed by atoms with Crippen LogP contribution < -0.4 is 5.32 Å².